The highest BCUT2D eigenvalue weighted by Gasteiger charge is 2.51. The number of urea groups is 1. The Hall–Kier alpha value is -4.75. The van der Waals surface area contributed by atoms with Crippen LogP contribution in [-0.4, -0.2) is 53.8 Å². The van der Waals surface area contributed by atoms with E-state index in [1.54, 1.807) is 28.9 Å². The minimum atomic E-state index is -0.616. The largest absolute Gasteiger partial charge is 0.508 e. The van der Waals surface area contributed by atoms with E-state index in [9.17, 15) is 15.0 Å². The number of tetrazole rings is 1. The summed E-state index contributed by atoms with van der Waals surface area (Å²) in [5.74, 6) is 3.08. The Morgan fingerprint density at radius 3 is 2.24 bits per heavy atom. The Bertz CT molecular complexity index is 2070. The molecule has 3 unspecified atom stereocenters. The summed E-state index contributed by atoms with van der Waals surface area (Å²) in [6.45, 7) is 0.421. The van der Waals surface area contributed by atoms with Crippen LogP contribution in [0.3, 0.4) is 0 Å². The van der Waals surface area contributed by atoms with Crippen LogP contribution in [0.25, 0.3) is 16.8 Å². The number of nitrogens with zero attached hydrogens (tertiary/aromatic N) is 4. The van der Waals surface area contributed by atoms with Crippen LogP contribution in [0, 0.1) is 17.8 Å². The molecule has 5 fully saturated rings. The quantitative estimate of drug-likeness (QED) is 0.100. The summed E-state index contributed by atoms with van der Waals surface area (Å²) >= 11 is 1.50. The fourth-order valence-electron chi connectivity index (χ4n) is 9.72. The van der Waals surface area contributed by atoms with Crippen LogP contribution in [0.5, 0.6) is 5.75 Å². The summed E-state index contributed by atoms with van der Waals surface area (Å²) in [5, 5.41) is 38.9. The fraction of sp³-hybridized carbons (Fsp3) is 0.395. The van der Waals surface area contributed by atoms with Crippen molar-refractivity contribution in [2.45, 2.75) is 87.3 Å². The van der Waals surface area contributed by atoms with Crippen LogP contribution in [0.15, 0.2) is 102 Å². The molecule has 4 aliphatic carbocycles. The Labute approximate surface area is 324 Å². The molecular formula is C43H46N6O5S. The first-order valence-corrected chi connectivity index (χ1v) is 20.3. The monoisotopic (exact) mass is 758 g/mol. The molecule has 4 saturated carbocycles. The van der Waals surface area contributed by atoms with Crippen molar-refractivity contribution in [3.05, 3.63) is 119 Å². The van der Waals surface area contributed by atoms with Crippen LogP contribution in [0.4, 0.5) is 4.79 Å². The number of hydrogen-bond acceptors (Lipinski definition) is 9. The lowest BCUT2D eigenvalue weighted by molar-refractivity contribution is -0.245. The van der Waals surface area contributed by atoms with Crippen LogP contribution in [-0.2, 0) is 22.6 Å². The molecule has 12 heteroatoms. The van der Waals surface area contributed by atoms with Crippen molar-refractivity contribution >= 4 is 17.8 Å². The molecule has 4 bridgehead atoms. The van der Waals surface area contributed by atoms with E-state index in [1.807, 2.05) is 36.4 Å². The Morgan fingerprint density at radius 1 is 0.836 bits per heavy atom. The number of phenols is 1. The molecule has 3 atom stereocenters. The van der Waals surface area contributed by atoms with E-state index in [0.29, 0.717) is 23.9 Å². The molecule has 1 aromatic heterocycles. The van der Waals surface area contributed by atoms with Gasteiger partial charge in [0, 0.05) is 29.8 Å². The van der Waals surface area contributed by atoms with Gasteiger partial charge in [0.1, 0.15) is 5.75 Å². The zero-order valence-electron chi connectivity index (χ0n) is 30.6. The number of phenolic OH excluding ortho intramolecular Hbond substituents is 1. The number of thioether (sulfide) groups is 1. The smallest absolute Gasteiger partial charge is 0.315 e. The van der Waals surface area contributed by atoms with Crippen molar-refractivity contribution in [3.8, 4) is 22.6 Å². The normalized spacial score (nSPS) is 26.9. The van der Waals surface area contributed by atoms with Gasteiger partial charge in [-0.1, -0.05) is 84.6 Å². The maximum absolute atomic E-state index is 13.3. The predicted molar refractivity (Wildman–Crippen MR) is 208 cm³/mol. The molecule has 1 aliphatic heterocycles. The first kappa shape index (κ1) is 35.9. The Kier molecular flexibility index (Phi) is 10.1. The van der Waals surface area contributed by atoms with E-state index < -0.39 is 6.29 Å². The van der Waals surface area contributed by atoms with Gasteiger partial charge in [0.2, 0.25) is 5.16 Å². The minimum absolute atomic E-state index is 0.0207. The van der Waals surface area contributed by atoms with Gasteiger partial charge in [-0.3, -0.25) is 0 Å². The second-order valence-electron chi connectivity index (χ2n) is 15.8. The van der Waals surface area contributed by atoms with E-state index >= 15 is 0 Å². The minimum Gasteiger partial charge on any atom is -0.508 e. The number of aliphatic hydroxyl groups excluding tert-OH is 1. The number of aliphatic hydroxyl groups is 1. The van der Waals surface area contributed by atoms with Gasteiger partial charge in [0.25, 0.3) is 0 Å². The lowest BCUT2D eigenvalue weighted by Crippen LogP contribution is -2.61. The highest BCUT2D eigenvalue weighted by molar-refractivity contribution is 7.99. The number of carbonyl (C=O) groups excluding carboxylic acids is 1. The Balaban J connectivity index is 0.888. The van der Waals surface area contributed by atoms with Gasteiger partial charge in [0.15, 0.2) is 6.29 Å². The zero-order chi connectivity index (χ0) is 37.4. The summed E-state index contributed by atoms with van der Waals surface area (Å²) in [7, 11) is 0. The van der Waals surface area contributed by atoms with Gasteiger partial charge in [-0.15, -0.1) is 5.10 Å². The van der Waals surface area contributed by atoms with Gasteiger partial charge in [-0.05, 0) is 119 Å². The molecule has 4 N–H and O–H groups in total. The number of carbonyl (C=O) groups is 1. The maximum Gasteiger partial charge on any atom is 0.315 e. The van der Waals surface area contributed by atoms with E-state index in [0.717, 1.165) is 76.1 Å². The second-order valence-corrected chi connectivity index (χ2v) is 16.8. The molecule has 55 heavy (non-hydrogen) atoms. The van der Waals surface area contributed by atoms with E-state index in [2.05, 4.69) is 62.6 Å². The van der Waals surface area contributed by atoms with Gasteiger partial charge >= 0.3 is 6.03 Å². The molecule has 2 heterocycles. The summed E-state index contributed by atoms with van der Waals surface area (Å²) in [4.78, 5) is 13.3. The second kappa shape index (κ2) is 15.4. The maximum atomic E-state index is 13.3. The van der Waals surface area contributed by atoms with Crippen molar-refractivity contribution in [1.29, 1.82) is 0 Å². The third-order valence-corrected chi connectivity index (χ3v) is 13.0. The first-order chi connectivity index (χ1) is 26.9. The molecule has 11 nitrogen and oxygen atoms in total. The highest BCUT2D eigenvalue weighted by atomic mass is 32.2. The van der Waals surface area contributed by atoms with E-state index in [-0.39, 0.29) is 36.1 Å². The summed E-state index contributed by atoms with van der Waals surface area (Å²) < 4.78 is 14.9. The van der Waals surface area contributed by atoms with Crippen molar-refractivity contribution in [2.24, 2.45) is 17.8 Å². The lowest BCUT2D eigenvalue weighted by atomic mass is 9.53. The van der Waals surface area contributed by atoms with Gasteiger partial charge in [-0.2, -0.15) is 4.68 Å². The van der Waals surface area contributed by atoms with Crippen LogP contribution in [0.1, 0.15) is 79.6 Å². The predicted octanol–water partition coefficient (Wildman–Crippen LogP) is 7.63. The van der Waals surface area contributed by atoms with E-state index in [4.69, 9.17) is 9.47 Å². The first-order valence-electron chi connectivity index (χ1n) is 19.3. The van der Waals surface area contributed by atoms with Crippen LogP contribution < -0.4 is 10.6 Å². The molecule has 284 valence electrons. The average Bonchev–Trinajstić information content (AvgIpc) is 3.68. The molecular weight excluding hydrogens is 713 g/mol. The molecule has 5 aromatic rings. The third-order valence-electron chi connectivity index (χ3n) is 11.9. The SMILES string of the molecule is O=C(NCc1ccccc1-c1ccc(C2OC(CSc3nnnn3-c3ccc(O)cc3)CC(c3ccc(CO)cc3)O2)cc1)NC12CC3CC(CC(C3)C1)C2. The standard InChI is InChI=1S/C43H46N6O5S/c50-25-27-5-7-32(8-6-27)39-20-37(26-55-42-46-47-48-49(42)35-13-15-36(51)16-14-35)53-40(54-39)33-11-9-31(10-12-33)38-4-2-1-3-34(38)24-44-41(52)45-43-21-28-17-29(22-43)19-30(18-28)23-43/h1-16,28-30,37,39-40,50-51H,17-26H2,(H2,44,45,52). The molecule has 2 amide bonds. The van der Waals surface area contributed by atoms with Crippen molar-refractivity contribution in [2.75, 3.05) is 5.75 Å². The van der Waals surface area contributed by atoms with E-state index in [1.165, 1.54) is 31.0 Å². The number of hydrogen-bond donors (Lipinski definition) is 4. The molecule has 1 saturated heterocycles. The van der Waals surface area contributed by atoms with Crippen LogP contribution >= 0.6 is 11.8 Å². The topological polar surface area (TPSA) is 144 Å². The highest BCUT2D eigenvalue weighted by Crippen LogP contribution is 2.55. The number of ether oxygens (including phenoxy) is 2. The summed E-state index contributed by atoms with van der Waals surface area (Å²) in [6.07, 6.45) is 7.00. The summed E-state index contributed by atoms with van der Waals surface area (Å²) in [6, 6.07) is 31.0. The number of benzene rings is 4. The summed E-state index contributed by atoms with van der Waals surface area (Å²) in [5.41, 5.74) is 6.64. The zero-order valence-corrected chi connectivity index (χ0v) is 31.4. The molecule has 0 spiro atoms. The number of nitrogens with one attached hydrogen (secondary N) is 2. The number of rotatable bonds is 11. The fourth-order valence-corrected chi connectivity index (χ4v) is 10.6. The molecule has 5 aliphatic rings. The van der Waals surface area contributed by atoms with Gasteiger partial charge in [0.05, 0.1) is 24.5 Å². The average molecular weight is 759 g/mol. The Morgan fingerprint density at radius 2 is 1.53 bits per heavy atom. The van der Waals surface area contributed by atoms with Crippen molar-refractivity contribution in [3.63, 3.8) is 0 Å². The number of aromatic nitrogens is 4. The number of amides is 2. The third kappa shape index (κ3) is 7.86. The molecule has 4 aromatic carbocycles. The van der Waals surface area contributed by atoms with Gasteiger partial charge in [-0.25, -0.2) is 4.79 Å². The van der Waals surface area contributed by atoms with Crippen molar-refractivity contribution < 1.29 is 24.5 Å². The molecule has 10 rings (SSSR count). The number of aromatic hydroxyl groups is 1. The van der Waals surface area contributed by atoms with Crippen LogP contribution in [0.2, 0.25) is 0 Å². The van der Waals surface area contributed by atoms with Crippen molar-refractivity contribution in [1.82, 2.24) is 30.8 Å². The molecule has 0 radical (unpaired) electrons. The lowest BCUT2D eigenvalue weighted by Gasteiger charge is -2.56. The van der Waals surface area contributed by atoms with Gasteiger partial charge < -0.3 is 30.3 Å².